The highest BCUT2D eigenvalue weighted by molar-refractivity contribution is 14.0. The molecule has 2 aromatic rings. The minimum atomic E-state index is 0. The summed E-state index contributed by atoms with van der Waals surface area (Å²) in [5.74, 6) is 0.801. The fraction of sp³-hybridized carbons (Fsp3) is 0.375. The molecule has 1 aromatic heterocycles. The normalized spacial score (nSPS) is 12.4. The highest BCUT2D eigenvalue weighted by Gasteiger charge is 2.06. The number of aryl methyl sites for hydroxylation is 1. The van der Waals surface area contributed by atoms with Crippen molar-refractivity contribution in [2.75, 3.05) is 13.6 Å². The van der Waals surface area contributed by atoms with Gasteiger partial charge in [-0.25, -0.2) is 0 Å². The van der Waals surface area contributed by atoms with E-state index in [4.69, 9.17) is 0 Å². The molecule has 0 spiro atoms. The van der Waals surface area contributed by atoms with Crippen LogP contribution in [0.1, 0.15) is 24.1 Å². The number of nitrogens with zero attached hydrogens (tertiary/aromatic N) is 3. The van der Waals surface area contributed by atoms with Gasteiger partial charge in [0.2, 0.25) is 0 Å². The lowest BCUT2D eigenvalue weighted by Gasteiger charge is -2.18. The first-order valence-corrected chi connectivity index (χ1v) is 7.20. The number of hydrogen-bond acceptors (Lipinski definition) is 2. The van der Waals surface area contributed by atoms with Crippen LogP contribution in [0.2, 0.25) is 0 Å². The van der Waals surface area contributed by atoms with E-state index in [2.05, 4.69) is 39.8 Å². The summed E-state index contributed by atoms with van der Waals surface area (Å²) in [4.78, 5) is 4.25. The molecule has 1 aromatic carbocycles. The van der Waals surface area contributed by atoms with Crippen molar-refractivity contribution in [3.8, 4) is 0 Å². The summed E-state index contributed by atoms with van der Waals surface area (Å²) in [6.45, 7) is 5.76. The number of guanidine groups is 1. The Balaban J connectivity index is 0.00000242. The van der Waals surface area contributed by atoms with Crippen LogP contribution in [-0.2, 0) is 6.54 Å². The molecule has 2 N–H and O–H groups in total. The number of nitrogens with one attached hydrogen (secondary N) is 2. The van der Waals surface area contributed by atoms with Gasteiger partial charge >= 0.3 is 0 Å². The van der Waals surface area contributed by atoms with E-state index >= 15 is 0 Å². The zero-order valence-electron chi connectivity index (χ0n) is 13.3. The van der Waals surface area contributed by atoms with E-state index in [9.17, 15) is 0 Å². The van der Waals surface area contributed by atoms with Gasteiger partial charge in [0.25, 0.3) is 0 Å². The van der Waals surface area contributed by atoms with Crippen molar-refractivity contribution < 1.29 is 0 Å². The lowest BCUT2D eigenvalue weighted by atomic mass is 10.1. The van der Waals surface area contributed by atoms with Crippen LogP contribution in [0, 0.1) is 6.92 Å². The van der Waals surface area contributed by atoms with Crippen molar-refractivity contribution in [3.63, 3.8) is 0 Å². The third-order valence-corrected chi connectivity index (χ3v) is 3.27. The molecule has 22 heavy (non-hydrogen) atoms. The first kappa shape index (κ1) is 18.5. The molecule has 6 heteroatoms. The smallest absolute Gasteiger partial charge is 0.191 e. The minimum Gasteiger partial charge on any atom is -0.355 e. The van der Waals surface area contributed by atoms with Gasteiger partial charge in [-0.05, 0) is 25.0 Å². The van der Waals surface area contributed by atoms with Crippen LogP contribution in [-0.4, -0.2) is 29.3 Å². The Morgan fingerprint density at radius 1 is 1.32 bits per heavy atom. The maximum Gasteiger partial charge on any atom is 0.191 e. The Morgan fingerprint density at radius 3 is 2.64 bits per heavy atom. The van der Waals surface area contributed by atoms with Gasteiger partial charge in [-0.1, -0.05) is 30.3 Å². The summed E-state index contributed by atoms with van der Waals surface area (Å²) in [6.07, 6.45) is 3.90. The third-order valence-electron chi connectivity index (χ3n) is 3.27. The van der Waals surface area contributed by atoms with Crippen LogP contribution in [0.3, 0.4) is 0 Å². The van der Waals surface area contributed by atoms with Gasteiger partial charge in [0.15, 0.2) is 5.96 Å². The fourth-order valence-electron chi connectivity index (χ4n) is 2.10. The van der Waals surface area contributed by atoms with Gasteiger partial charge < -0.3 is 10.6 Å². The molecule has 0 aliphatic rings. The van der Waals surface area contributed by atoms with Gasteiger partial charge in [0.05, 0.1) is 18.8 Å². The van der Waals surface area contributed by atoms with Crippen LogP contribution >= 0.6 is 24.0 Å². The quantitative estimate of drug-likeness (QED) is 0.450. The number of hydrogen-bond donors (Lipinski definition) is 2. The highest BCUT2D eigenvalue weighted by atomic mass is 127. The number of benzene rings is 1. The largest absolute Gasteiger partial charge is 0.355 e. The second-order valence-electron chi connectivity index (χ2n) is 5.06. The van der Waals surface area contributed by atoms with E-state index in [-0.39, 0.29) is 30.0 Å². The predicted molar refractivity (Wildman–Crippen MR) is 102 cm³/mol. The van der Waals surface area contributed by atoms with Crippen molar-refractivity contribution in [2.24, 2.45) is 4.99 Å². The molecule has 1 heterocycles. The summed E-state index contributed by atoms with van der Waals surface area (Å²) in [5.41, 5.74) is 2.42. The Hall–Kier alpha value is -1.57. The Labute approximate surface area is 149 Å². The van der Waals surface area contributed by atoms with Gasteiger partial charge in [-0.3, -0.25) is 9.67 Å². The molecule has 0 amide bonds. The standard InChI is InChI=1S/C16H23N5.HI/c1-13-11-19-21(12-13)10-9-18-16(17-3)20-14(2)15-7-5-4-6-8-15;/h4-8,11-12,14H,9-10H2,1-3H3,(H2,17,18,20);1H. The zero-order valence-corrected chi connectivity index (χ0v) is 15.6. The van der Waals surface area contributed by atoms with Crippen molar-refractivity contribution in [3.05, 3.63) is 53.9 Å². The van der Waals surface area contributed by atoms with Crippen LogP contribution in [0.5, 0.6) is 0 Å². The molecular formula is C16H24IN5. The maximum atomic E-state index is 4.26. The summed E-state index contributed by atoms with van der Waals surface area (Å²) < 4.78 is 1.93. The molecular weight excluding hydrogens is 389 g/mol. The van der Waals surface area contributed by atoms with Gasteiger partial charge in [0, 0.05) is 19.8 Å². The van der Waals surface area contributed by atoms with Crippen molar-refractivity contribution >= 4 is 29.9 Å². The number of aromatic nitrogens is 2. The second kappa shape index (κ2) is 9.45. The van der Waals surface area contributed by atoms with Crippen LogP contribution in [0.25, 0.3) is 0 Å². The van der Waals surface area contributed by atoms with E-state index in [0.717, 1.165) is 19.0 Å². The summed E-state index contributed by atoms with van der Waals surface area (Å²) in [5, 5.41) is 11.0. The number of aliphatic imine (C=N–C) groups is 1. The molecule has 2 rings (SSSR count). The minimum absolute atomic E-state index is 0. The third kappa shape index (κ3) is 5.67. The first-order valence-electron chi connectivity index (χ1n) is 7.20. The molecule has 0 aliphatic carbocycles. The summed E-state index contributed by atoms with van der Waals surface area (Å²) in [6, 6.07) is 10.5. The maximum absolute atomic E-state index is 4.26. The van der Waals surface area contributed by atoms with Crippen LogP contribution in [0.15, 0.2) is 47.7 Å². The molecule has 0 saturated heterocycles. The Morgan fingerprint density at radius 2 is 2.05 bits per heavy atom. The SMILES string of the molecule is CN=C(NCCn1cc(C)cn1)NC(C)c1ccccc1.I. The molecule has 0 bridgehead atoms. The van der Waals surface area contributed by atoms with Gasteiger partial charge in [-0.2, -0.15) is 5.10 Å². The lowest BCUT2D eigenvalue weighted by Crippen LogP contribution is -2.40. The van der Waals surface area contributed by atoms with Crippen LogP contribution in [0.4, 0.5) is 0 Å². The van der Waals surface area contributed by atoms with Gasteiger partial charge in [-0.15, -0.1) is 24.0 Å². The molecule has 0 radical (unpaired) electrons. The predicted octanol–water partition coefficient (Wildman–Crippen LogP) is 2.74. The van der Waals surface area contributed by atoms with Crippen molar-refractivity contribution in [2.45, 2.75) is 26.4 Å². The van der Waals surface area contributed by atoms with E-state index in [0.29, 0.717) is 0 Å². The van der Waals surface area contributed by atoms with Gasteiger partial charge in [0.1, 0.15) is 0 Å². The first-order chi connectivity index (χ1) is 10.2. The number of halogens is 1. The molecule has 120 valence electrons. The average molecular weight is 413 g/mol. The van der Waals surface area contributed by atoms with Crippen molar-refractivity contribution in [1.82, 2.24) is 20.4 Å². The van der Waals surface area contributed by atoms with E-state index in [1.54, 1.807) is 7.05 Å². The summed E-state index contributed by atoms with van der Waals surface area (Å²) in [7, 11) is 1.78. The average Bonchev–Trinajstić information content (AvgIpc) is 2.92. The molecule has 0 aliphatic heterocycles. The van der Waals surface area contributed by atoms with E-state index in [1.165, 1.54) is 11.1 Å². The molecule has 5 nitrogen and oxygen atoms in total. The fourth-order valence-corrected chi connectivity index (χ4v) is 2.10. The van der Waals surface area contributed by atoms with Crippen molar-refractivity contribution in [1.29, 1.82) is 0 Å². The van der Waals surface area contributed by atoms with E-state index < -0.39 is 0 Å². The number of rotatable bonds is 5. The topological polar surface area (TPSA) is 54.2 Å². The monoisotopic (exact) mass is 413 g/mol. The Bertz CT molecular complexity index is 579. The molecule has 0 fully saturated rings. The molecule has 1 atom stereocenters. The Kier molecular flexibility index (Phi) is 7.94. The van der Waals surface area contributed by atoms with E-state index in [1.807, 2.05) is 42.2 Å². The van der Waals surface area contributed by atoms with Crippen LogP contribution < -0.4 is 10.6 Å². The molecule has 1 unspecified atom stereocenters. The zero-order chi connectivity index (χ0) is 15.1. The highest BCUT2D eigenvalue weighted by Crippen LogP contribution is 2.10. The lowest BCUT2D eigenvalue weighted by molar-refractivity contribution is 0.591. The molecule has 0 saturated carbocycles. The summed E-state index contributed by atoms with van der Waals surface area (Å²) >= 11 is 0. The second-order valence-corrected chi connectivity index (χ2v) is 5.06.